The molecule has 2 aromatic heterocycles. The molecule has 1 fully saturated rings. The van der Waals surface area contributed by atoms with Gasteiger partial charge in [-0.1, -0.05) is 0 Å². The van der Waals surface area contributed by atoms with Gasteiger partial charge in [-0.15, -0.1) is 0 Å². The zero-order valence-corrected chi connectivity index (χ0v) is 17.4. The summed E-state index contributed by atoms with van der Waals surface area (Å²) in [5.41, 5.74) is 2.30. The maximum atomic E-state index is 12.8. The summed E-state index contributed by atoms with van der Waals surface area (Å²) >= 11 is 3.46. The van der Waals surface area contributed by atoms with Gasteiger partial charge in [0.15, 0.2) is 0 Å². The van der Waals surface area contributed by atoms with Gasteiger partial charge in [-0.2, -0.15) is 9.57 Å². The van der Waals surface area contributed by atoms with Crippen LogP contribution in [0.25, 0.3) is 5.65 Å². The Hall–Kier alpha value is -2.25. The number of hydrogen-bond donors (Lipinski definition) is 0. The number of pyridine rings is 1. The molecule has 7 nitrogen and oxygen atoms in total. The Labute approximate surface area is 172 Å². The summed E-state index contributed by atoms with van der Waals surface area (Å²) in [5.74, 6) is 0. The summed E-state index contributed by atoms with van der Waals surface area (Å²) in [6.45, 7) is 2.84. The van der Waals surface area contributed by atoms with E-state index in [4.69, 9.17) is 5.26 Å². The van der Waals surface area contributed by atoms with Crippen molar-refractivity contribution in [3.63, 3.8) is 0 Å². The van der Waals surface area contributed by atoms with E-state index in [1.54, 1.807) is 0 Å². The van der Waals surface area contributed by atoms with E-state index in [0.717, 1.165) is 15.8 Å². The highest BCUT2D eigenvalue weighted by molar-refractivity contribution is 9.10. The lowest BCUT2D eigenvalue weighted by Crippen LogP contribution is -2.48. The second kappa shape index (κ2) is 7.64. The van der Waals surface area contributed by atoms with Crippen molar-refractivity contribution in [1.29, 1.82) is 5.26 Å². The molecule has 1 aliphatic heterocycles. The molecule has 0 unspecified atom stereocenters. The standard InChI is InChI=1S/C19H18BrN5O2S/c20-16-3-6-19-22-17(14-24(19)12-16)13-23-7-9-25(10-8-23)28(26,27)18-4-1-15(11-21)2-5-18/h1-6,12,14H,7-10,13H2. The van der Waals surface area contributed by atoms with Crippen molar-refractivity contribution in [1.82, 2.24) is 18.6 Å². The first-order chi connectivity index (χ1) is 13.5. The third-order valence-electron chi connectivity index (χ3n) is 4.80. The van der Waals surface area contributed by atoms with Crippen LogP contribution in [-0.2, 0) is 16.6 Å². The Morgan fingerprint density at radius 1 is 1.04 bits per heavy atom. The lowest BCUT2D eigenvalue weighted by molar-refractivity contribution is 0.180. The molecule has 3 aromatic rings. The molecule has 9 heteroatoms. The van der Waals surface area contributed by atoms with Crippen LogP contribution in [-0.4, -0.2) is 53.2 Å². The van der Waals surface area contributed by atoms with Gasteiger partial charge in [0, 0.05) is 49.6 Å². The van der Waals surface area contributed by atoms with Crippen molar-refractivity contribution in [2.24, 2.45) is 0 Å². The first-order valence-corrected chi connectivity index (χ1v) is 11.0. The normalized spacial score (nSPS) is 16.3. The smallest absolute Gasteiger partial charge is 0.243 e. The summed E-state index contributed by atoms with van der Waals surface area (Å²) in [4.78, 5) is 7.06. The minimum absolute atomic E-state index is 0.228. The number of aromatic nitrogens is 2. The average molecular weight is 460 g/mol. The quantitative estimate of drug-likeness (QED) is 0.598. The third kappa shape index (κ3) is 3.82. The van der Waals surface area contributed by atoms with E-state index in [-0.39, 0.29) is 4.90 Å². The fraction of sp³-hybridized carbons (Fsp3) is 0.263. The Bertz CT molecular complexity index is 1140. The molecule has 28 heavy (non-hydrogen) atoms. The number of imidazole rings is 1. The number of rotatable bonds is 4. The van der Waals surface area contributed by atoms with Gasteiger partial charge in [0.1, 0.15) is 5.65 Å². The van der Waals surface area contributed by atoms with Gasteiger partial charge in [0.05, 0.1) is 22.2 Å². The molecule has 0 amide bonds. The maximum Gasteiger partial charge on any atom is 0.243 e. The molecule has 0 N–H and O–H groups in total. The Morgan fingerprint density at radius 3 is 2.43 bits per heavy atom. The summed E-state index contributed by atoms with van der Waals surface area (Å²) in [6, 6.07) is 12.0. The average Bonchev–Trinajstić information content (AvgIpc) is 3.09. The van der Waals surface area contributed by atoms with Crippen molar-refractivity contribution < 1.29 is 8.42 Å². The van der Waals surface area contributed by atoms with E-state index < -0.39 is 10.0 Å². The number of benzene rings is 1. The van der Waals surface area contributed by atoms with Crippen LogP contribution in [0.5, 0.6) is 0 Å². The van der Waals surface area contributed by atoms with E-state index in [0.29, 0.717) is 38.3 Å². The molecule has 1 aromatic carbocycles. The SMILES string of the molecule is N#Cc1ccc(S(=O)(=O)N2CCN(Cc3cn4cc(Br)ccc4n3)CC2)cc1. The van der Waals surface area contributed by atoms with Crippen molar-refractivity contribution in [3.8, 4) is 6.07 Å². The Kier molecular flexibility index (Phi) is 5.21. The van der Waals surface area contributed by atoms with E-state index in [2.05, 4.69) is 25.8 Å². The maximum absolute atomic E-state index is 12.8. The minimum Gasteiger partial charge on any atom is -0.306 e. The predicted octanol–water partition coefficient (Wildman–Crippen LogP) is 2.47. The van der Waals surface area contributed by atoms with Crippen LogP contribution < -0.4 is 0 Å². The first kappa shape index (κ1) is 19.1. The molecule has 0 atom stereocenters. The van der Waals surface area contributed by atoms with Crippen LogP contribution in [0, 0.1) is 11.3 Å². The molecule has 0 spiro atoms. The van der Waals surface area contributed by atoms with Crippen LogP contribution >= 0.6 is 15.9 Å². The lowest BCUT2D eigenvalue weighted by Gasteiger charge is -2.33. The van der Waals surface area contributed by atoms with Crippen LogP contribution in [0.15, 0.2) is 58.2 Å². The zero-order chi connectivity index (χ0) is 19.7. The Balaban J connectivity index is 1.41. The third-order valence-corrected chi connectivity index (χ3v) is 7.18. The minimum atomic E-state index is -3.54. The number of nitriles is 1. The second-order valence-corrected chi connectivity index (χ2v) is 9.52. The van der Waals surface area contributed by atoms with Crippen molar-refractivity contribution in [2.45, 2.75) is 11.4 Å². The fourth-order valence-electron chi connectivity index (χ4n) is 3.30. The highest BCUT2D eigenvalue weighted by Crippen LogP contribution is 2.19. The molecule has 0 radical (unpaired) electrons. The molecule has 0 aliphatic carbocycles. The molecular weight excluding hydrogens is 442 g/mol. The number of piperazine rings is 1. The zero-order valence-electron chi connectivity index (χ0n) is 15.0. The largest absolute Gasteiger partial charge is 0.306 e. The van der Waals surface area contributed by atoms with Crippen LogP contribution in [0.1, 0.15) is 11.3 Å². The molecule has 3 heterocycles. The van der Waals surface area contributed by atoms with Crippen LogP contribution in [0.4, 0.5) is 0 Å². The first-order valence-electron chi connectivity index (χ1n) is 8.81. The second-order valence-electron chi connectivity index (χ2n) is 6.66. The lowest BCUT2D eigenvalue weighted by atomic mass is 10.2. The molecule has 1 aliphatic rings. The van der Waals surface area contributed by atoms with Gasteiger partial charge in [0.2, 0.25) is 10.0 Å². The van der Waals surface area contributed by atoms with Gasteiger partial charge < -0.3 is 4.40 Å². The molecular formula is C19H18BrN5O2S. The summed E-state index contributed by atoms with van der Waals surface area (Å²) in [7, 11) is -3.54. The van der Waals surface area contributed by atoms with Gasteiger partial charge >= 0.3 is 0 Å². The summed E-state index contributed by atoms with van der Waals surface area (Å²) in [6.07, 6.45) is 3.97. The van der Waals surface area contributed by atoms with E-state index in [9.17, 15) is 8.42 Å². The molecule has 0 bridgehead atoms. The Morgan fingerprint density at radius 2 is 1.75 bits per heavy atom. The number of fused-ring (bicyclic) bond motifs is 1. The van der Waals surface area contributed by atoms with Crippen LogP contribution in [0.3, 0.4) is 0 Å². The van der Waals surface area contributed by atoms with E-state index >= 15 is 0 Å². The van der Waals surface area contributed by atoms with E-state index in [1.807, 2.05) is 35.0 Å². The molecule has 144 valence electrons. The van der Waals surface area contributed by atoms with Crippen molar-refractivity contribution in [2.75, 3.05) is 26.2 Å². The summed E-state index contributed by atoms with van der Waals surface area (Å²) in [5, 5.41) is 8.87. The number of nitrogens with zero attached hydrogens (tertiary/aromatic N) is 5. The van der Waals surface area contributed by atoms with Crippen LogP contribution in [0.2, 0.25) is 0 Å². The number of hydrogen-bond acceptors (Lipinski definition) is 5. The monoisotopic (exact) mass is 459 g/mol. The van der Waals surface area contributed by atoms with Gasteiger partial charge in [-0.3, -0.25) is 4.90 Å². The van der Waals surface area contributed by atoms with Crippen molar-refractivity contribution >= 4 is 31.6 Å². The topological polar surface area (TPSA) is 81.7 Å². The summed E-state index contributed by atoms with van der Waals surface area (Å²) < 4.78 is 30.1. The van der Waals surface area contributed by atoms with E-state index in [1.165, 1.54) is 28.6 Å². The number of halogens is 1. The fourth-order valence-corrected chi connectivity index (χ4v) is 5.08. The highest BCUT2D eigenvalue weighted by atomic mass is 79.9. The molecule has 4 rings (SSSR count). The van der Waals surface area contributed by atoms with Gasteiger partial charge in [-0.05, 0) is 52.3 Å². The highest BCUT2D eigenvalue weighted by Gasteiger charge is 2.28. The van der Waals surface area contributed by atoms with Gasteiger partial charge in [-0.25, -0.2) is 13.4 Å². The van der Waals surface area contributed by atoms with Crippen molar-refractivity contribution in [3.05, 3.63) is 64.5 Å². The predicted molar refractivity (Wildman–Crippen MR) is 108 cm³/mol. The number of sulfonamides is 1. The molecule has 1 saturated heterocycles. The molecule has 0 saturated carbocycles. The van der Waals surface area contributed by atoms with Gasteiger partial charge in [0.25, 0.3) is 0 Å².